The second-order valence-electron chi connectivity index (χ2n) is 7.29. The van der Waals surface area contributed by atoms with E-state index in [4.69, 9.17) is 10.7 Å². The highest BCUT2D eigenvalue weighted by atomic mass is 32.1. The molecule has 1 aliphatic rings. The lowest BCUT2D eigenvalue weighted by Crippen LogP contribution is -2.33. The largest absolute Gasteiger partial charge is 0.509 e. The molecule has 4 rings (SSSR count). The van der Waals surface area contributed by atoms with Crippen LogP contribution in [0.2, 0.25) is 0 Å². The third-order valence-electron chi connectivity index (χ3n) is 5.19. The fourth-order valence-corrected chi connectivity index (χ4v) is 4.36. The zero-order valence-electron chi connectivity index (χ0n) is 16.9. The maximum Gasteiger partial charge on any atom is 0.139 e. The number of benzene rings is 2. The summed E-state index contributed by atoms with van der Waals surface area (Å²) in [5.41, 5.74) is 4.63. The van der Waals surface area contributed by atoms with Gasteiger partial charge in [0.05, 0.1) is 28.9 Å². The summed E-state index contributed by atoms with van der Waals surface area (Å²) < 4.78 is 0. The molecular formula is C23H21N5OS. The van der Waals surface area contributed by atoms with Crippen LogP contribution in [0.1, 0.15) is 17.5 Å². The average Bonchev–Trinajstić information content (AvgIpc) is 3.31. The van der Waals surface area contributed by atoms with Crippen molar-refractivity contribution in [3.63, 3.8) is 0 Å². The standard InChI is InChI=1S/C23H21N5OS/c1-14-21(29)20(22(25)28(14)18-10-8-17(9-11-18)27(2)3)23-26-19(13-30-23)16-6-4-15(12-24)5-7-16/h4-11,13-14,25,29H,1-3H3. The van der Waals surface area contributed by atoms with E-state index in [-0.39, 0.29) is 17.6 Å². The Kier molecular flexibility index (Phi) is 5.02. The predicted octanol–water partition coefficient (Wildman–Crippen LogP) is 4.90. The van der Waals surface area contributed by atoms with Gasteiger partial charge in [0.25, 0.3) is 0 Å². The summed E-state index contributed by atoms with van der Waals surface area (Å²) in [6.07, 6.45) is 0. The number of thiazole rings is 1. The molecule has 150 valence electrons. The minimum absolute atomic E-state index is 0.150. The van der Waals surface area contributed by atoms with Crippen LogP contribution >= 0.6 is 11.3 Å². The smallest absolute Gasteiger partial charge is 0.139 e. The number of nitrogens with one attached hydrogen (secondary N) is 1. The fourth-order valence-electron chi connectivity index (χ4n) is 3.48. The lowest BCUT2D eigenvalue weighted by Gasteiger charge is -2.25. The SMILES string of the molecule is CC1C(O)=C(c2nc(-c3ccc(C#N)cc3)cs2)C(=N)N1c1ccc(N(C)C)cc1. The molecule has 0 spiro atoms. The molecule has 2 aromatic carbocycles. The number of rotatable bonds is 4. The van der Waals surface area contributed by atoms with Crippen LogP contribution in [0.15, 0.2) is 59.7 Å². The molecule has 1 atom stereocenters. The Morgan fingerprint density at radius 2 is 1.80 bits per heavy atom. The number of aliphatic hydroxyl groups is 1. The van der Waals surface area contributed by atoms with Crippen molar-refractivity contribution in [2.24, 2.45) is 0 Å². The maximum absolute atomic E-state index is 10.8. The number of aromatic nitrogens is 1. The van der Waals surface area contributed by atoms with Crippen molar-refractivity contribution in [3.8, 4) is 17.3 Å². The van der Waals surface area contributed by atoms with Gasteiger partial charge in [0.2, 0.25) is 0 Å². The van der Waals surface area contributed by atoms with E-state index in [1.165, 1.54) is 11.3 Å². The number of nitriles is 1. The molecule has 7 heteroatoms. The van der Waals surface area contributed by atoms with Crippen molar-refractivity contribution in [2.45, 2.75) is 13.0 Å². The lowest BCUT2D eigenvalue weighted by atomic mass is 10.1. The van der Waals surface area contributed by atoms with E-state index < -0.39 is 0 Å². The molecule has 0 saturated heterocycles. The third-order valence-corrected chi connectivity index (χ3v) is 6.05. The molecule has 30 heavy (non-hydrogen) atoms. The summed E-state index contributed by atoms with van der Waals surface area (Å²) in [5, 5.41) is 31.0. The Hall–Kier alpha value is -3.63. The number of anilines is 2. The van der Waals surface area contributed by atoms with Crippen LogP contribution in [0.25, 0.3) is 16.8 Å². The average molecular weight is 416 g/mol. The summed E-state index contributed by atoms with van der Waals surface area (Å²) in [6, 6.07) is 16.9. The zero-order valence-corrected chi connectivity index (χ0v) is 17.7. The van der Waals surface area contributed by atoms with Crippen LogP contribution in [-0.4, -0.2) is 36.1 Å². The first-order valence-electron chi connectivity index (χ1n) is 9.46. The van der Waals surface area contributed by atoms with Crippen LogP contribution in [0.5, 0.6) is 0 Å². The monoisotopic (exact) mass is 415 g/mol. The van der Waals surface area contributed by atoms with Crippen molar-refractivity contribution in [3.05, 3.63) is 70.2 Å². The van der Waals surface area contributed by atoms with Crippen molar-refractivity contribution in [1.29, 1.82) is 10.7 Å². The minimum Gasteiger partial charge on any atom is -0.509 e. The van der Waals surface area contributed by atoms with Gasteiger partial charge in [0, 0.05) is 36.4 Å². The normalized spacial score (nSPS) is 16.1. The van der Waals surface area contributed by atoms with E-state index in [9.17, 15) is 5.11 Å². The lowest BCUT2D eigenvalue weighted by molar-refractivity contribution is 0.384. The molecule has 6 nitrogen and oxygen atoms in total. The molecule has 3 aromatic rings. The molecule has 1 aromatic heterocycles. The van der Waals surface area contributed by atoms with E-state index in [0.29, 0.717) is 16.1 Å². The Morgan fingerprint density at radius 3 is 2.40 bits per heavy atom. The minimum atomic E-state index is -0.347. The van der Waals surface area contributed by atoms with Gasteiger partial charge in [-0.05, 0) is 43.3 Å². The number of nitrogens with zero attached hydrogens (tertiary/aromatic N) is 4. The highest BCUT2D eigenvalue weighted by molar-refractivity contribution is 7.11. The molecule has 2 N–H and O–H groups in total. The quantitative estimate of drug-likeness (QED) is 0.633. The van der Waals surface area contributed by atoms with E-state index in [0.717, 1.165) is 22.6 Å². The van der Waals surface area contributed by atoms with Gasteiger partial charge in [-0.25, -0.2) is 4.98 Å². The van der Waals surface area contributed by atoms with Crippen molar-refractivity contribution in [1.82, 2.24) is 4.98 Å². The molecule has 1 unspecified atom stereocenters. The summed E-state index contributed by atoms with van der Waals surface area (Å²) in [5.74, 6) is 0.385. The van der Waals surface area contributed by atoms with Crippen molar-refractivity contribution < 1.29 is 5.11 Å². The number of hydrogen-bond acceptors (Lipinski definition) is 6. The van der Waals surface area contributed by atoms with Gasteiger partial charge in [0.15, 0.2) is 0 Å². The van der Waals surface area contributed by atoms with Crippen LogP contribution < -0.4 is 9.80 Å². The first kappa shape index (κ1) is 19.7. The molecule has 1 aliphatic heterocycles. The first-order valence-corrected chi connectivity index (χ1v) is 10.3. The van der Waals surface area contributed by atoms with E-state index in [2.05, 4.69) is 11.1 Å². The molecule has 0 saturated carbocycles. The van der Waals surface area contributed by atoms with Gasteiger partial charge in [-0.3, -0.25) is 5.41 Å². The summed E-state index contributed by atoms with van der Waals surface area (Å²) in [7, 11) is 3.96. The summed E-state index contributed by atoms with van der Waals surface area (Å²) in [4.78, 5) is 8.49. The Morgan fingerprint density at radius 1 is 1.13 bits per heavy atom. The van der Waals surface area contributed by atoms with Gasteiger partial charge >= 0.3 is 0 Å². The molecule has 0 fully saturated rings. The van der Waals surface area contributed by atoms with Crippen LogP contribution in [0.4, 0.5) is 11.4 Å². The van der Waals surface area contributed by atoms with Gasteiger partial charge in [-0.15, -0.1) is 11.3 Å². The molecule has 0 aliphatic carbocycles. The highest BCUT2D eigenvalue weighted by Gasteiger charge is 2.37. The number of amidine groups is 1. The van der Waals surface area contributed by atoms with Gasteiger partial charge < -0.3 is 14.9 Å². The topological polar surface area (TPSA) is 87.2 Å². The molecule has 0 amide bonds. The molecule has 0 bridgehead atoms. The van der Waals surface area contributed by atoms with E-state index in [1.54, 1.807) is 12.1 Å². The first-order chi connectivity index (χ1) is 14.4. The Labute approximate surface area is 179 Å². The third kappa shape index (κ3) is 3.31. The number of hydrogen-bond donors (Lipinski definition) is 2. The van der Waals surface area contributed by atoms with Gasteiger partial charge in [-0.2, -0.15) is 5.26 Å². The molecule has 2 heterocycles. The van der Waals surface area contributed by atoms with Crippen LogP contribution in [0, 0.1) is 16.7 Å². The van der Waals surface area contributed by atoms with Gasteiger partial charge in [0.1, 0.15) is 16.6 Å². The Balaban J connectivity index is 1.64. The predicted molar refractivity (Wildman–Crippen MR) is 122 cm³/mol. The van der Waals surface area contributed by atoms with Gasteiger partial charge in [-0.1, -0.05) is 12.1 Å². The second-order valence-corrected chi connectivity index (χ2v) is 8.15. The Bertz CT molecular complexity index is 1170. The highest BCUT2D eigenvalue weighted by Crippen LogP contribution is 2.38. The second kappa shape index (κ2) is 7.65. The zero-order chi connectivity index (χ0) is 21.4. The van der Waals surface area contributed by atoms with Crippen LogP contribution in [0.3, 0.4) is 0 Å². The van der Waals surface area contributed by atoms with Crippen molar-refractivity contribution in [2.75, 3.05) is 23.9 Å². The van der Waals surface area contributed by atoms with E-state index in [1.807, 2.05) is 72.6 Å². The fraction of sp³-hybridized carbons (Fsp3) is 0.174. The maximum atomic E-state index is 10.8. The summed E-state index contributed by atoms with van der Waals surface area (Å²) in [6.45, 7) is 1.88. The van der Waals surface area contributed by atoms with Crippen molar-refractivity contribution >= 4 is 34.1 Å². The van der Waals surface area contributed by atoms with E-state index >= 15 is 0 Å². The molecular weight excluding hydrogens is 394 g/mol. The number of aliphatic hydroxyl groups excluding tert-OH is 1. The molecule has 0 radical (unpaired) electrons. The summed E-state index contributed by atoms with van der Waals surface area (Å²) >= 11 is 1.40. The van der Waals surface area contributed by atoms with Crippen LogP contribution in [-0.2, 0) is 0 Å².